The minimum Gasteiger partial charge on any atom is -0.221 e. The van der Waals surface area contributed by atoms with E-state index in [4.69, 9.17) is 23.2 Å². The summed E-state index contributed by atoms with van der Waals surface area (Å²) in [6.45, 7) is 5.94. The molecule has 0 aliphatic rings. The molecular weight excluding hydrogens is 207 g/mol. The minimum absolute atomic E-state index is 0.301. The fraction of sp³-hybridized carbons (Fsp3) is 0.556. The molecule has 0 aliphatic heterocycles. The van der Waals surface area contributed by atoms with Gasteiger partial charge in [-0.05, 0) is 13.3 Å². The Labute approximate surface area is 88.3 Å². The Morgan fingerprint density at radius 2 is 1.69 bits per heavy atom. The maximum atomic E-state index is 5.88. The minimum atomic E-state index is 0.301. The van der Waals surface area contributed by atoms with Gasteiger partial charge < -0.3 is 0 Å². The summed E-state index contributed by atoms with van der Waals surface area (Å²) in [6.07, 6.45) is 0.982. The van der Waals surface area contributed by atoms with Crippen molar-refractivity contribution in [2.45, 2.75) is 33.1 Å². The molecule has 4 heteroatoms. The summed E-state index contributed by atoms with van der Waals surface area (Å²) in [5.74, 6) is 1.03. The first kappa shape index (κ1) is 10.7. The van der Waals surface area contributed by atoms with E-state index in [1.807, 2.05) is 6.92 Å². The summed E-state index contributed by atoms with van der Waals surface area (Å²) < 4.78 is 0. The Morgan fingerprint density at radius 3 is 2.08 bits per heavy atom. The molecule has 0 spiro atoms. The van der Waals surface area contributed by atoms with Crippen LogP contribution < -0.4 is 0 Å². The summed E-state index contributed by atoms with van der Waals surface area (Å²) in [6, 6.07) is 0. The molecular formula is C9H12Cl2N2. The molecule has 1 rings (SSSR count). The van der Waals surface area contributed by atoms with Crippen molar-refractivity contribution in [1.29, 1.82) is 0 Å². The standard InChI is InChI=1S/C9H12Cl2N2/c1-4-5(2)9-12-7(10)6(3)8(11)13-9/h5H,4H2,1-3H3/t5-/m0/s1. The summed E-state index contributed by atoms with van der Waals surface area (Å²) in [7, 11) is 0. The summed E-state index contributed by atoms with van der Waals surface area (Å²) in [5.41, 5.74) is 0.746. The zero-order chi connectivity index (χ0) is 10.0. The van der Waals surface area contributed by atoms with Crippen LogP contribution in [0.25, 0.3) is 0 Å². The van der Waals surface area contributed by atoms with Gasteiger partial charge >= 0.3 is 0 Å². The van der Waals surface area contributed by atoms with Crippen molar-refractivity contribution in [1.82, 2.24) is 9.97 Å². The zero-order valence-electron chi connectivity index (χ0n) is 7.93. The van der Waals surface area contributed by atoms with Gasteiger partial charge in [0.1, 0.15) is 16.1 Å². The van der Waals surface area contributed by atoms with Gasteiger partial charge in [0.15, 0.2) is 0 Å². The third kappa shape index (κ3) is 2.32. The summed E-state index contributed by atoms with van der Waals surface area (Å²) in [4.78, 5) is 8.35. The second kappa shape index (κ2) is 4.25. The Morgan fingerprint density at radius 1 is 1.23 bits per heavy atom. The third-order valence-corrected chi connectivity index (χ3v) is 2.83. The van der Waals surface area contributed by atoms with E-state index in [2.05, 4.69) is 23.8 Å². The lowest BCUT2D eigenvalue weighted by atomic mass is 10.1. The van der Waals surface area contributed by atoms with Gasteiger partial charge in [-0.3, -0.25) is 0 Å². The number of aromatic nitrogens is 2. The first-order chi connectivity index (χ1) is 6.06. The molecule has 0 aliphatic carbocycles. The van der Waals surface area contributed by atoms with Gasteiger partial charge in [-0.25, -0.2) is 9.97 Å². The van der Waals surface area contributed by atoms with E-state index in [1.165, 1.54) is 0 Å². The van der Waals surface area contributed by atoms with Gasteiger partial charge in [0.05, 0.1) is 0 Å². The molecule has 0 bridgehead atoms. The number of rotatable bonds is 2. The van der Waals surface area contributed by atoms with E-state index in [0.717, 1.165) is 17.8 Å². The average Bonchev–Trinajstić information content (AvgIpc) is 2.12. The average molecular weight is 219 g/mol. The van der Waals surface area contributed by atoms with Crippen LogP contribution in [-0.4, -0.2) is 9.97 Å². The fourth-order valence-electron chi connectivity index (χ4n) is 0.882. The lowest BCUT2D eigenvalue weighted by Crippen LogP contribution is -2.02. The van der Waals surface area contributed by atoms with Crippen molar-refractivity contribution in [3.63, 3.8) is 0 Å². The van der Waals surface area contributed by atoms with Crippen molar-refractivity contribution in [3.8, 4) is 0 Å². The Balaban J connectivity index is 3.13. The number of hydrogen-bond acceptors (Lipinski definition) is 2. The molecule has 0 aromatic carbocycles. The highest BCUT2D eigenvalue weighted by atomic mass is 35.5. The highest BCUT2D eigenvalue weighted by Crippen LogP contribution is 2.23. The van der Waals surface area contributed by atoms with E-state index in [-0.39, 0.29) is 0 Å². The Kier molecular flexibility index (Phi) is 3.51. The predicted octanol–water partition coefficient (Wildman–Crippen LogP) is 3.61. The molecule has 0 saturated carbocycles. The fourth-order valence-corrected chi connectivity index (χ4v) is 1.28. The van der Waals surface area contributed by atoms with Gasteiger partial charge in [-0.2, -0.15) is 0 Å². The number of hydrogen-bond donors (Lipinski definition) is 0. The first-order valence-electron chi connectivity index (χ1n) is 4.25. The Hall–Kier alpha value is -0.340. The zero-order valence-corrected chi connectivity index (χ0v) is 9.45. The van der Waals surface area contributed by atoms with Crippen LogP contribution in [0.3, 0.4) is 0 Å². The number of halogens is 2. The van der Waals surface area contributed by atoms with Gasteiger partial charge in [-0.15, -0.1) is 0 Å². The third-order valence-electron chi connectivity index (χ3n) is 2.10. The van der Waals surface area contributed by atoms with Crippen LogP contribution in [0.5, 0.6) is 0 Å². The Bertz CT molecular complexity index is 289. The van der Waals surface area contributed by atoms with E-state index in [1.54, 1.807) is 0 Å². The van der Waals surface area contributed by atoms with E-state index < -0.39 is 0 Å². The maximum Gasteiger partial charge on any atom is 0.137 e. The molecule has 0 saturated heterocycles. The lowest BCUT2D eigenvalue weighted by molar-refractivity contribution is 0.677. The van der Waals surface area contributed by atoms with Crippen LogP contribution in [0.4, 0.5) is 0 Å². The number of nitrogens with zero attached hydrogens (tertiary/aromatic N) is 2. The molecule has 1 atom stereocenters. The second-order valence-electron chi connectivity index (χ2n) is 3.10. The molecule has 0 unspecified atom stereocenters. The molecule has 0 radical (unpaired) electrons. The topological polar surface area (TPSA) is 25.8 Å². The molecule has 1 aromatic rings. The maximum absolute atomic E-state index is 5.88. The van der Waals surface area contributed by atoms with Crippen LogP contribution in [-0.2, 0) is 0 Å². The highest BCUT2D eigenvalue weighted by molar-refractivity contribution is 6.34. The van der Waals surface area contributed by atoms with Gasteiger partial charge in [0, 0.05) is 11.5 Å². The largest absolute Gasteiger partial charge is 0.221 e. The van der Waals surface area contributed by atoms with Crippen molar-refractivity contribution in [3.05, 3.63) is 21.7 Å². The molecule has 0 amide bonds. The van der Waals surface area contributed by atoms with Crippen molar-refractivity contribution in [2.24, 2.45) is 0 Å². The quantitative estimate of drug-likeness (QED) is 0.710. The van der Waals surface area contributed by atoms with E-state index in [0.29, 0.717) is 16.2 Å². The smallest absolute Gasteiger partial charge is 0.137 e. The SMILES string of the molecule is CC[C@H](C)c1nc(Cl)c(C)c(Cl)n1. The van der Waals surface area contributed by atoms with Crippen molar-refractivity contribution in [2.75, 3.05) is 0 Å². The van der Waals surface area contributed by atoms with Crippen molar-refractivity contribution < 1.29 is 0 Å². The molecule has 1 heterocycles. The lowest BCUT2D eigenvalue weighted by Gasteiger charge is -2.08. The molecule has 1 aromatic heterocycles. The predicted molar refractivity (Wildman–Crippen MR) is 55.5 cm³/mol. The monoisotopic (exact) mass is 218 g/mol. The van der Waals surface area contributed by atoms with Crippen molar-refractivity contribution >= 4 is 23.2 Å². The summed E-state index contributed by atoms with van der Waals surface area (Å²) in [5, 5.41) is 0.908. The normalized spacial score (nSPS) is 13.0. The van der Waals surface area contributed by atoms with Crippen LogP contribution in [0.15, 0.2) is 0 Å². The molecule has 72 valence electrons. The van der Waals surface area contributed by atoms with Gasteiger partial charge in [0.25, 0.3) is 0 Å². The van der Waals surface area contributed by atoms with Crippen LogP contribution in [0.1, 0.15) is 37.6 Å². The molecule has 2 nitrogen and oxygen atoms in total. The van der Waals surface area contributed by atoms with Crippen LogP contribution in [0.2, 0.25) is 10.3 Å². The highest BCUT2D eigenvalue weighted by Gasteiger charge is 2.11. The first-order valence-corrected chi connectivity index (χ1v) is 5.01. The van der Waals surface area contributed by atoms with Crippen LogP contribution in [0, 0.1) is 6.92 Å². The molecule has 0 fully saturated rings. The van der Waals surface area contributed by atoms with E-state index >= 15 is 0 Å². The molecule has 0 N–H and O–H groups in total. The molecule has 13 heavy (non-hydrogen) atoms. The van der Waals surface area contributed by atoms with Gasteiger partial charge in [0.2, 0.25) is 0 Å². The van der Waals surface area contributed by atoms with E-state index in [9.17, 15) is 0 Å². The van der Waals surface area contributed by atoms with Crippen LogP contribution >= 0.6 is 23.2 Å². The summed E-state index contributed by atoms with van der Waals surface area (Å²) >= 11 is 11.8. The second-order valence-corrected chi connectivity index (χ2v) is 3.81. The van der Waals surface area contributed by atoms with Gasteiger partial charge in [-0.1, -0.05) is 37.0 Å².